The number of hydrogen-bond acceptors (Lipinski definition) is 2. The van der Waals surface area contributed by atoms with Crippen LogP contribution in [0, 0.1) is 0 Å². The van der Waals surface area contributed by atoms with E-state index in [1.807, 2.05) is 24.3 Å². The monoisotopic (exact) mass is 278 g/mol. The molecule has 0 saturated carbocycles. The van der Waals surface area contributed by atoms with Crippen LogP contribution in [-0.4, -0.2) is 22.5 Å². The second-order valence-electron chi connectivity index (χ2n) is 5.03. The molecule has 104 valence electrons. The highest BCUT2D eigenvalue weighted by Gasteiger charge is 2.13. The van der Waals surface area contributed by atoms with Crippen molar-refractivity contribution in [3.8, 4) is 0 Å². The van der Waals surface area contributed by atoms with E-state index in [0.29, 0.717) is 12.3 Å². The van der Waals surface area contributed by atoms with Crippen LogP contribution in [0.5, 0.6) is 0 Å². The van der Waals surface area contributed by atoms with Gasteiger partial charge in [-0.3, -0.25) is 0 Å². The second-order valence-corrected chi connectivity index (χ2v) is 5.03. The van der Waals surface area contributed by atoms with Crippen LogP contribution in [0.3, 0.4) is 0 Å². The van der Waals surface area contributed by atoms with Crippen molar-refractivity contribution in [2.75, 3.05) is 6.61 Å². The third kappa shape index (κ3) is 1.72. The molecule has 4 rings (SSSR count). The Balaban J connectivity index is 2.02. The molecular weight excluding hydrogens is 264 g/mol. The predicted octanol–water partition coefficient (Wildman–Crippen LogP) is 3.98. The first-order valence-electron chi connectivity index (χ1n) is 6.97. The van der Waals surface area contributed by atoms with Gasteiger partial charge in [-0.2, -0.15) is 0 Å². The first-order chi connectivity index (χ1) is 10.3. The van der Waals surface area contributed by atoms with Gasteiger partial charge in [0, 0.05) is 21.7 Å². The van der Waals surface area contributed by atoms with Gasteiger partial charge < -0.3 is 14.7 Å². The van der Waals surface area contributed by atoms with Crippen molar-refractivity contribution in [3.63, 3.8) is 0 Å². The summed E-state index contributed by atoms with van der Waals surface area (Å²) >= 11 is 0. The van der Waals surface area contributed by atoms with Crippen LogP contribution in [0.2, 0.25) is 0 Å². The smallest absolute Gasteiger partial charge is 0.354 e. The predicted molar refractivity (Wildman–Crippen MR) is 83.6 cm³/mol. The van der Waals surface area contributed by atoms with Gasteiger partial charge in [-0.1, -0.05) is 30.3 Å². The maximum atomic E-state index is 11.9. The average molecular weight is 278 g/mol. The van der Waals surface area contributed by atoms with Crippen LogP contribution in [-0.2, 0) is 4.74 Å². The third-order valence-electron chi connectivity index (χ3n) is 3.77. The molecule has 0 spiro atoms. The maximum Gasteiger partial charge on any atom is 0.354 e. The molecule has 0 fully saturated rings. The van der Waals surface area contributed by atoms with Crippen LogP contribution < -0.4 is 0 Å². The second kappa shape index (κ2) is 4.38. The molecule has 4 heteroatoms. The van der Waals surface area contributed by atoms with Gasteiger partial charge in [-0.15, -0.1) is 0 Å². The Morgan fingerprint density at radius 2 is 1.90 bits per heavy atom. The average Bonchev–Trinajstić information content (AvgIpc) is 3.08. The molecule has 0 unspecified atom stereocenters. The van der Waals surface area contributed by atoms with Crippen molar-refractivity contribution in [1.29, 1.82) is 0 Å². The molecule has 0 saturated heterocycles. The minimum Gasteiger partial charge on any atom is -0.461 e. The van der Waals surface area contributed by atoms with E-state index >= 15 is 0 Å². The largest absolute Gasteiger partial charge is 0.461 e. The molecule has 0 aliphatic rings. The molecule has 0 amide bonds. The fourth-order valence-electron chi connectivity index (χ4n) is 2.83. The van der Waals surface area contributed by atoms with E-state index in [4.69, 9.17) is 4.74 Å². The SMILES string of the molecule is CCOC(=O)c1cc2ccc3c4ccccc4[nH]c3c2[nH]1. The molecule has 2 aromatic heterocycles. The van der Waals surface area contributed by atoms with Gasteiger partial charge in [-0.25, -0.2) is 4.79 Å². The lowest BCUT2D eigenvalue weighted by atomic mass is 10.1. The van der Waals surface area contributed by atoms with Crippen molar-refractivity contribution >= 4 is 38.7 Å². The summed E-state index contributed by atoms with van der Waals surface area (Å²) in [5.41, 5.74) is 3.53. The summed E-state index contributed by atoms with van der Waals surface area (Å²) in [6.07, 6.45) is 0. The third-order valence-corrected chi connectivity index (χ3v) is 3.77. The topological polar surface area (TPSA) is 57.9 Å². The van der Waals surface area contributed by atoms with Crippen molar-refractivity contribution < 1.29 is 9.53 Å². The Labute approximate surface area is 120 Å². The van der Waals surface area contributed by atoms with E-state index in [0.717, 1.165) is 27.3 Å². The Bertz CT molecular complexity index is 978. The number of H-pyrrole nitrogens is 2. The number of fused-ring (bicyclic) bond motifs is 5. The van der Waals surface area contributed by atoms with Gasteiger partial charge in [-0.05, 0) is 19.1 Å². The number of esters is 1. The molecule has 21 heavy (non-hydrogen) atoms. The molecule has 4 aromatic rings. The highest BCUT2D eigenvalue weighted by Crippen LogP contribution is 2.31. The lowest BCUT2D eigenvalue weighted by Gasteiger charge is -1.97. The number of nitrogens with one attached hydrogen (secondary N) is 2. The first kappa shape index (κ1) is 12.0. The Hall–Kier alpha value is -2.75. The minimum atomic E-state index is -0.321. The normalized spacial score (nSPS) is 11.5. The van der Waals surface area contributed by atoms with E-state index in [2.05, 4.69) is 28.2 Å². The molecule has 2 N–H and O–H groups in total. The van der Waals surface area contributed by atoms with E-state index in [1.165, 1.54) is 5.39 Å². The molecule has 0 bridgehead atoms. The van der Waals surface area contributed by atoms with Crippen molar-refractivity contribution in [2.45, 2.75) is 6.92 Å². The Morgan fingerprint density at radius 1 is 1.05 bits per heavy atom. The zero-order chi connectivity index (χ0) is 14.4. The van der Waals surface area contributed by atoms with Crippen molar-refractivity contribution in [1.82, 2.24) is 9.97 Å². The fraction of sp³-hybridized carbons (Fsp3) is 0.118. The van der Waals surface area contributed by atoms with Gasteiger partial charge in [0.1, 0.15) is 5.69 Å². The highest BCUT2D eigenvalue weighted by atomic mass is 16.5. The molecule has 0 atom stereocenters. The van der Waals surface area contributed by atoms with Crippen molar-refractivity contribution in [3.05, 3.63) is 48.2 Å². The fourth-order valence-corrected chi connectivity index (χ4v) is 2.83. The minimum absolute atomic E-state index is 0.321. The van der Waals surface area contributed by atoms with Crippen LogP contribution >= 0.6 is 0 Å². The van der Waals surface area contributed by atoms with Gasteiger partial charge in [0.2, 0.25) is 0 Å². The molecule has 4 nitrogen and oxygen atoms in total. The Morgan fingerprint density at radius 3 is 2.76 bits per heavy atom. The molecule has 2 aromatic carbocycles. The van der Waals surface area contributed by atoms with E-state index < -0.39 is 0 Å². The summed E-state index contributed by atoms with van der Waals surface area (Å²) in [6, 6.07) is 14.1. The van der Waals surface area contributed by atoms with E-state index in [1.54, 1.807) is 6.92 Å². The molecular formula is C17H14N2O2. The molecule has 0 radical (unpaired) electrons. The summed E-state index contributed by atoms with van der Waals surface area (Å²) in [6.45, 7) is 2.17. The number of hydrogen-bond donors (Lipinski definition) is 2. The van der Waals surface area contributed by atoms with Gasteiger partial charge in [0.25, 0.3) is 0 Å². The van der Waals surface area contributed by atoms with Crippen molar-refractivity contribution in [2.24, 2.45) is 0 Å². The van der Waals surface area contributed by atoms with E-state index in [9.17, 15) is 4.79 Å². The summed E-state index contributed by atoms with van der Waals surface area (Å²) in [4.78, 5) is 18.5. The zero-order valence-corrected chi connectivity index (χ0v) is 11.6. The van der Waals surface area contributed by atoms with Crippen LogP contribution in [0.1, 0.15) is 17.4 Å². The number of carbonyl (C=O) groups excluding carboxylic acids is 1. The zero-order valence-electron chi connectivity index (χ0n) is 11.6. The standard InChI is InChI=1S/C17H14N2O2/c1-2-21-17(20)14-9-10-7-8-12-11-5-3-4-6-13(11)18-16(12)15(10)19-14/h3-9,18-19H,2H2,1H3. The van der Waals surface area contributed by atoms with Crippen LogP contribution in [0.15, 0.2) is 42.5 Å². The highest BCUT2D eigenvalue weighted by molar-refractivity contribution is 6.16. The lowest BCUT2D eigenvalue weighted by Crippen LogP contribution is -2.04. The number of aromatic nitrogens is 2. The molecule has 0 aliphatic heterocycles. The number of para-hydroxylation sites is 1. The van der Waals surface area contributed by atoms with Crippen LogP contribution in [0.25, 0.3) is 32.7 Å². The molecule has 2 heterocycles. The summed E-state index contributed by atoms with van der Waals surface area (Å²) in [5, 5.41) is 3.33. The Kier molecular flexibility index (Phi) is 2.51. The summed E-state index contributed by atoms with van der Waals surface area (Å²) in [7, 11) is 0. The number of benzene rings is 2. The van der Waals surface area contributed by atoms with Gasteiger partial charge in [0.05, 0.1) is 17.6 Å². The number of aromatic amines is 2. The number of ether oxygens (including phenoxy) is 1. The van der Waals surface area contributed by atoms with Gasteiger partial charge in [0.15, 0.2) is 0 Å². The number of carbonyl (C=O) groups is 1. The van der Waals surface area contributed by atoms with E-state index in [-0.39, 0.29) is 5.97 Å². The maximum absolute atomic E-state index is 11.9. The van der Waals surface area contributed by atoms with Gasteiger partial charge >= 0.3 is 5.97 Å². The van der Waals surface area contributed by atoms with Crippen LogP contribution in [0.4, 0.5) is 0 Å². The first-order valence-corrected chi connectivity index (χ1v) is 6.97. The quantitative estimate of drug-likeness (QED) is 0.545. The summed E-state index contributed by atoms with van der Waals surface area (Å²) < 4.78 is 5.05. The lowest BCUT2D eigenvalue weighted by molar-refractivity contribution is 0.0520. The molecule has 0 aliphatic carbocycles. The number of rotatable bonds is 2. The summed E-state index contributed by atoms with van der Waals surface area (Å²) in [5.74, 6) is -0.321.